The summed E-state index contributed by atoms with van der Waals surface area (Å²) in [7, 11) is 1.63. The first-order valence-corrected chi connectivity index (χ1v) is 7.42. The Hall–Kier alpha value is -2.82. The lowest BCUT2D eigenvalue weighted by Gasteiger charge is -2.26. The van der Waals surface area contributed by atoms with Crippen LogP contribution < -0.4 is 15.4 Å². The van der Waals surface area contributed by atoms with Gasteiger partial charge in [0.25, 0.3) is 0 Å². The summed E-state index contributed by atoms with van der Waals surface area (Å²) in [6, 6.07) is 13.4. The maximum atomic E-state index is 12.0. The van der Waals surface area contributed by atoms with Crippen molar-refractivity contribution in [3.05, 3.63) is 53.6 Å². The molecule has 0 radical (unpaired) electrons. The Bertz CT molecular complexity index is 753. The highest BCUT2D eigenvalue weighted by molar-refractivity contribution is 5.97. The summed E-state index contributed by atoms with van der Waals surface area (Å²) in [6.45, 7) is 1.46. The minimum absolute atomic E-state index is 0.00367. The molecule has 0 aromatic heterocycles. The van der Waals surface area contributed by atoms with Gasteiger partial charge in [-0.25, -0.2) is 0 Å². The van der Waals surface area contributed by atoms with Crippen LogP contribution in [0.15, 0.2) is 42.5 Å². The third-order valence-corrected chi connectivity index (χ3v) is 3.93. The summed E-state index contributed by atoms with van der Waals surface area (Å²) in [5, 5.41) is 5.61. The fourth-order valence-corrected chi connectivity index (χ4v) is 2.88. The van der Waals surface area contributed by atoms with Gasteiger partial charge in [0.2, 0.25) is 11.8 Å². The van der Waals surface area contributed by atoms with Crippen molar-refractivity contribution in [1.82, 2.24) is 0 Å². The summed E-state index contributed by atoms with van der Waals surface area (Å²) in [4.78, 5) is 23.2. The molecule has 1 heterocycles. The van der Waals surface area contributed by atoms with Crippen LogP contribution in [0.2, 0.25) is 0 Å². The first-order chi connectivity index (χ1) is 11.1. The van der Waals surface area contributed by atoms with Crippen molar-refractivity contribution in [3.63, 3.8) is 0 Å². The van der Waals surface area contributed by atoms with Crippen LogP contribution in [0, 0.1) is 0 Å². The van der Waals surface area contributed by atoms with E-state index in [0.29, 0.717) is 12.1 Å². The number of ether oxygens (including phenoxy) is 1. The molecule has 23 heavy (non-hydrogen) atoms. The van der Waals surface area contributed by atoms with Crippen LogP contribution in [0.25, 0.3) is 0 Å². The van der Waals surface area contributed by atoms with Gasteiger partial charge in [0.15, 0.2) is 0 Å². The Kier molecular flexibility index (Phi) is 4.02. The standard InChI is InChI=1S/C18H18N2O3/c1-11(21)19-13-5-8-15-16(10-18(22)20-17(15)9-13)12-3-6-14(23-2)7-4-12/h3-9,16H,10H2,1-2H3,(H,19,21)(H,20,22). The Morgan fingerprint density at radius 1 is 1.22 bits per heavy atom. The van der Waals surface area contributed by atoms with Crippen LogP contribution in [0.3, 0.4) is 0 Å². The summed E-state index contributed by atoms with van der Waals surface area (Å²) in [5.74, 6) is 0.614. The van der Waals surface area contributed by atoms with Gasteiger partial charge in [-0.05, 0) is 35.4 Å². The van der Waals surface area contributed by atoms with Gasteiger partial charge in [-0.15, -0.1) is 0 Å². The molecular formula is C18H18N2O3. The van der Waals surface area contributed by atoms with Crippen molar-refractivity contribution in [3.8, 4) is 5.75 Å². The van der Waals surface area contributed by atoms with E-state index in [1.165, 1.54) is 6.92 Å². The normalized spacial score (nSPS) is 16.3. The molecule has 0 aliphatic carbocycles. The van der Waals surface area contributed by atoms with Crippen molar-refractivity contribution < 1.29 is 14.3 Å². The smallest absolute Gasteiger partial charge is 0.225 e. The number of rotatable bonds is 3. The van der Waals surface area contributed by atoms with Crippen molar-refractivity contribution >= 4 is 23.2 Å². The van der Waals surface area contributed by atoms with Crippen LogP contribution in [0.4, 0.5) is 11.4 Å². The fourth-order valence-electron chi connectivity index (χ4n) is 2.88. The van der Waals surface area contributed by atoms with E-state index in [1.807, 2.05) is 36.4 Å². The maximum absolute atomic E-state index is 12.0. The van der Waals surface area contributed by atoms with Crippen molar-refractivity contribution in [2.75, 3.05) is 17.7 Å². The topological polar surface area (TPSA) is 67.4 Å². The van der Waals surface area contributed by atoms with Crippen LogP contribution >= 0.6 is 0 Å². The van der Waals surface area contributed by atoms with Crippen LogP contribution in [-0.4, -0.2) is 18.9 Å². The van der Waals surface area contributed by atoms with Gasteiger partial charge in [0.1, 0.15) is 5.75 Å². The first-order valence-electron chi connectivity index (χ1n) is 7.42. The number of hydrogen-bond acceptors (Lipinski definition) is 3. The van der Waals surface area contributed by atoms with E-state index in [1.54, 1.807) is 13.2 Å². The number of amides is 2. The Labute approximate surface area is 134 Å². The zero-order valence-corrected chi connectivity index (χ0v) is 13.1. The molecule has 5 nitrogen and oxygen atoms in total. The summed E-state index contributed by atoms with van der Waals surface area (Å²) < 4.78 is 5.18. The molecule has 2 amide bonds. The minimum Gasteiger partial charge on any atom is -0.497 e. The number of hydrogen-bond donors (Lipinski definition) is 2. The van der Waals surface area contributed by atoms with Gasteiger partial charge < -0.3 is 15.4 Å². The monoisotopic (exact) mass is 310 g/mol. The van der Waals surface area contributed by atoms with E-state index in [2.05, 4.69) is 10.6 Å². The van der Waals surface area contributed by atoms with Crippen molar-refractivity contribution in [2.45, 2.75) is 19.3 Å². The fraction of sp³-hybridized carbons (Fsp3) is 0.222. The summed E-state index contributed by atoms with van der Waals surface area (Å²) in [6.07, 6.45) is 0.402. The molecule has 0 saturated carbocycles. The van der Waals surface area contributed by atoms with E-state index in [9.17, 15) is 9.59 Å². The van der Waals surface area contributed by atoms with E-state index < -0.39 is 0 Å². The number of nitrogens with one attached hydrogen (secondary N) is 2. The molecule has 2 N–H and O–H groups in total. The average Bonchev–Trinajstić information content (AvgIpc) is 2.53. The molecule has 2 aromatic rings. The molecule has 1 aliphatic rings. The van der Waals surface area contributed by atoms with Gasteiger partial charge >= 0.3 is 0 Å². The van der Waals surface area contributed by atoms with Gasteiger partial charge in [0, 0.05) is 30.6 Å². The van der Waals surface area contributed by atoms with E-state index in [0.717, 1.165) is 22.6 Å². The molecule has 3 rings (SSSR count). The Morgan fingerprint density at radius 2 is 1.96 bits per heavy atom. The van der Waals surface area contributed by atoms with Crippen LogP contribution in [0.1, 0.15) is 30.4 Å². The molecule has 0 spiro atoms. The molecule has 1 atom stereocenters. The summed E-state index contributed by atoms with van der Waals surface area (Å²) in [5.41, 5.74) is 3.53. The lowest BCUT2D eigenvalue weighted by atomic mass is 9.84. The Morgan fingerprint density at radius 3 is 2.61 bits per heavy atom. The van der Waals surface area contributed by atoms with Crippen molar-refractivity contribution in [1.29, 1.82) is 0 Å². The lowest BCUT2D eigenvalue weighted by Crippen LogP contribution is -2.23. The minimum atomic E-state index is -0.140. The van der Waals surface area contributed by atoms with E-state index in [4.69, 9.17) is 4.74 Å². The molecule has 0 fully saturated rings. The third kappa shape index (κ3) is 3.18. The second kappa shape index (κ2) is 6.12. The van der Waals surface area contributed by atoms with Crippen LogP contribution in [0.5, 0.6) is 5.75 Å². The summed E-state index contributed by atoms with van der Waals surface area (Å²) >= 11 is 0. The zero-order chi connectivity index (χ0) is 16.4. The van der Waals surface area contributed by atoms with Crippen LogP contribution in [-0.2, 0) is 9.59 Å². The Balaban J connectivity index is 1.97. The zero-order valence-electron chi connectivity index (χ0n) is 13.1. The number of fused-ring (bicyclic) bond motifs is 1. The van der Waals surface area contributed by atoms with Gasteiger partial charge in [0.05, 0.1) is 7.11 Å². The van der Waals surface area contributed by atoms with E-state index in [-0.39, 0.29) is 17.7 Å². The number of anilines is 2. The van der Waals surface area contributed by atoms with Gasteiger partial charge in [-0.3, -0.25) is 9.59 Å². The lowest BCUT2D eigenvalue weighted by molar-refractivity contribution is -0.116. The SMILES string of the molecule is COc1ccc(C2CC(=O)Nc3cc(NC(C)=O)ccc32)cc1. The van der Waals surface area contributed by atoms with E-state index >= 15 is 0 Å². The second-order valence-corrected chi connectivity index (χ2v) is 5.56. The highest BCUT2D eigenvalue weighted by Gasteiger charge is 2.26. The number of methoxy groups -OCH3 is 1. The largest absolute Gasteiger partial charge is 0.497 e. The quantitative estimate of drug-likeness (QED) is 0.915. The molecule has 118 valence electrons. The molecular weight excluding hydrogens is 292 g/mol. The molecule has 0 bridgehead atoms. The van der Waals surface area contributed by atoms with Crippen molar-refractivity contribution in [2.24, 2.45) is 0 Å². The highest BCUT2D eigenvalue weighted by atomic mass is 16.5. The molecule has 2 aromatic carbocycles. The molecule has 1 unspecified atom stereocenters. The second-order valence-electron chi connectivity index (χ2n) is 5.56. The average molecular weight is 310 g/mol. The predicted octanol–water partition coefficient (Wildman–Crippen LogP) is 3.13. The number of benzene rings is 2. The molecule has 1 aliphatic heterocycles. The van der Waals surface area contributed by atoms with Gasteiger partial charge in [-0.2, -0.15) is 0 Å². The van der Waals surface area contributed by atoms with Gasteiger partial charge in [-0.1, -0.05) is 18.2 Å². The number of carbonyl (C=O) groups is 2. The molecule has 0 saturated heterocycles. The first kappa shape index (κ1) is 15.1. The third-order valence-electron chi connectivity index (χ3n) is 3.93. The number of carbonyl (C=O) groups excluding carboxylic acids is 2. The predicted molar refractivity (Wildman–Crippen MR) is 88.8 cm³/mol. The maximum Gasteiger partial charge on any atom is 0.225 e. The highest BCUT2D eigenvalue weighted by Crippen LogP contribution is 2.38. The molecule has 5 heteroatoms.